The Morgan fingerprint density at radius 3 is 2.41 bits per heavy atom. The number of hydrogen-bond acceptors (Lipinski definition) is 5. The number of benzene rings is 2. The van der Waals surface area contributed by atoms with Crippen LogP contribution in [0.5, 0.6) is 0 Å². The lowest BCUT2D eigenvalue weighted by molar-refractivity contribution is -0.209. The largest absolute Gasteiger partial charge is 0.449 e. The van der Waals surface area contributed by atoms with E-state index in [4.69, 9.17) is 4.74 Å². The average molecular weight is 454 g/mol. The molecule has 9 heteroatoms. The molecule has 0 aliphatic carbocycles. The lowest BCUT2D eigenvalue weighted by atomic mass is 9.84. The molecule has 0 aliphatic rings. The molecule has 0 bridgehead atoms. The first-order chi connectivity index (χ1) is 15.3. The second kappa shape index (κ2) is 11.8. The van der Waals surface area contributed by atoms with Crippen LogP contribution in [0.15, 0.2) is 54.6 Å². The molecule has 2 atom stereocenters. The molecule has 0 fully saturated rings. The fourth-order valence-electron chi connectivity index (χ4n) is 3.40. The van der Waals surface area contributed by atoms with Gasteiger partial charge >= 0.3 is 12.3 Å². The first kappa shape index (κ1) is 25.6. The van der Waals surface area contributed by atoms with Crippen molar-refractivity contribution in [2.24, 2.45) is 0 Å². The van der Waals surface area contributed by atoms with E-state index in [0.29, 0.717) is 12.0 Å². The topological polar surface area (TPSA) is 90.8 Å². The van der Waals surface area contributed by atoms with Gasteiger partial charge in [-0.2, -0.15) is 13.2 Å². The van der Waals surface area contributed by atoms with Crippen molar-refractivity contribution in [2.45, 2.75) is 43.9 Å². The van der Waals surface area contributed by atoms with E-state index in [1.54, 1.807) is 30.3 Å². The van der Waals surface area contributed by atoms with Crippen molar-refractivity contribution < 1.29 is 32.9 Å². The van der Waals surface area contributed by atoms with Crippen LogP contribution in [0, 0.1) is 0 Å². The van der Waals surface area contributed by atoms with Gasteiger partial charge in [-0.25, -0.2) is 4.79 Å². The predicted octanol–water partition coefficient (Wildman–Crippen LogP) is 4.50. The number of unbranched alkanes of at least 4 members (excludes halogenated alkanes) is 1. The number of amides is 1. The highest BCUT2D eigenvalue weighted by Crippen LogP contribution is 2.44. The summed E-state index contributed by atoms with van der Waals surface area (Å²) >= 11 is 0. The first-order valence-electron chi connectivity index (χ1n) is 10.4. The molecule has 4 N–H and O–H groups in total. The second-order valence-electron chi connectivity index (χ2n) is 7.36. The van der Waals surface area contributed by atoms with Gasteiger partial charge in [0.1, 0.15) is 5.54 Å². The minimum absolute atomic E-state index is 0.123. The van der Waals surface area contributed by atoms with Gasteiger partial charge in [0.05, 0.1) is 19.3 Å². The number of anilines is 1. The lowest BCUT2D eigenvalue weighted by Gasteiger charge is -2.40. The zero-order valence-corrected chi connectivity index (χ0v) is 17.9. The number of carbonyl (C=O) groups is 1. The smallest absolute Gasteiger partial charge is 0.411 e. The first-order valence-corrected chi connectivity index (χ1v) is 10.4. The van der Waals surface area contributed by atoms with Crippen LogP contribution in [-0.4, -0.2) is 42.3 Å². The number of rotatable bonds is 11. The van der Waals surface area contributed by atoms with Crippen LogP contribution in [0.1, 0.15) is 43.4 Å². The van der Waals surface area contributed by atoms with E-state index in [9.17, 15) is 28.2 Å². The number of ether oxygens (including phenoxy) is 1. The highest BCUT2D eigenvalue weighted by atomic mass is 19.4. The number of nitrogens with one attached hydrogen (secondary N) is 2. The molecule has 2 aromatic rings. The number of aliphatic hydroxyl groups is 2. The maximum absolute atomic E-state index is 14.5. The normalized spacial score (nSPS) is 14.4. The summed E-state index contributed by atoms with van der Waals surface area (Å²) in [5.41, 5.74) is -2.29. The molecule has 0 spiro atoms. The number of aliphatic hydroxyl groups excluding tert-OH is 2. The van der Waals surface area contributed by atoms with Crippen molar-refractivity contribution in [1.29, 1.82) is 0 Å². The lowest BCUT2D eigenvalue weighted by Crippen LogP contribution is -2.56. The van der Waals surface area contributed by atoms with Gasteiger partial charge in [-0.1, -0.05) is 55.8 Å². The molecule has 6 nitrogen and oxygen atoms in total. The summed E-state index contributed by atoms with van der Waals surface area (Å²) in [6.07, 6.45) is -4.77. The number of carbonyl (C=O) groups excluding carboxylic acids is 1. The Kier molecular flexibility index (Phi) is 9.49. The molecule has 2 rings (SSSR count). The van der Waals surface area contributed by atoms with E-state index in [2.05, 4.69) is 10.6 Å². The molecule has 0 saturated carbocycles. The fraction of sp³-hybridized carbons (Fsp3) is 0.435. The van der Waals surface area contributed by atoms with E-state index in [0.717, 1.165) is 6.42 Å². The molecule has 1 amide bonds. The van der Waals surface area contributed by atoms with E-state index in [1.165, 1.54) is 24.3 Å². The Hall–Kier alpha value is -2.62. The summed E-state index contributed by atoms with van der Waals surface area (Å²) in [4.78, 5) is 11.9. The zero-order chi connectivity index (χ0) is 23.6. The second-order valence-corrected chi connectivity index (χ2v) is 7.36. The maximum Gasteiger partial charge on any atom is 0.411 e. The summed E-state index contributed by atoms with van der Waals surface area (Å²) in [6, 6.07) is 12.5. The third-order valence-corrected chi connectivity index (χ3v) is 5.11. The van der Waals surface area contributed by atoms with E-state index < -0.39 is 43.5 Å². The van der Waals surface area contributed by atoms with E-state index in [-0.39, 0.29) is 17.9 Å². The van der Waals surface area contributed by atoms with E-state index in [1.807, 2.05) is 6.92 Å². The van der Waals surface area contributed by atoms with Crippen molar-refractivity contribution in [2.75, 3.05) is 25.1 Å². The number of hydrogen-bond donors (Lipinski definition) is 4. The highest BCUT2D eigenvalue weighted by Gasteiger charge is 2.56. The Morgan fingerprint density at radius 1 is 1.09 bits per heavy atom. The van der Waals surface area contributed by atoms with Gasteiger partial charge in [0, 0.05) is 18.7 Å². The summed E-state index contributed by atoms with van der Waals surface area (Å²) in [7, 11) is 0. The summed E-state index contributed by atoms with van der Waals surface area (Å²) < 4.78 is 48.5. The highest BCUT2D eigenvalue weighted by molar-refractivity contribution is 5.84. The molecule has 0 heterocycles. The zero-order valence-electron chi connectivity index (χ0n) is 17.9. The van der Waals surface area contributed by atoms with Crippen LogP contribution in [0.4, 0.5) is 23.7 Å². The van der Waals surface area contributed by atoms with Crippen molar-refractivity contribution in [1.82, 2.24) is 5.32 Å². The SMILES string of the molecule is CCCCOC(=O)Nc1cccc(C(CCO)(NC(CO)c2ccccc2)C(F)(F)F)c1. The monoisotopic (exact) mass is 454 g/mol. The number of alkyl halides is 3. The predicted molar refractivity (Wildman–Crippen MR) is 115 cm³/mol. The van der Waals surface area contributed by atoms with Gasteiger partial charge in [-0.3, -0.25) is 10.6 Å². The standard InChI is InChI=1S/C23H29F3N2O4/c1-2-3-14-32-21(31)27-19-11-7-10-18(15-19)22(12-13-29,23(24,25)26)28-20(16-30)17-8-5-4-6-9-17/h4-11,15,20,28-30H,2-3,12-14,16H2,1H3,(H,27,31). The molecule has 32 heavy (non-hydrogen) atoms. The van der Waals surface area contributed by atoms with E-state index >= 15 is 0 Å². The molecule has 0 saturated heterocycles. The van der Waals surface area contributed by atoms with Crippen LogP contribution in [-0.2, 0) is 10.3 Å². The van der Waals surface area contributed by atoms with Crippen LogP contribution in [0.25, 0.3) is 0 Å². The molecule has 0 aliphatic heterocycles. The van der Waals surface area contributed by atoms with Gasteiger partial charge in [-0.05, 0) is 29.7 Å². The van der Waals surface area contributed by atoms with Gasteiger partial charge < -0.3 is 14.9 Å². The summed E-state index contributed by atoms with van der Waals surface area (Å²) in [5, 5.41) is 24.3. The molecule has 0 radical (unpaired) electrons. The van der Waals surface area contributed by atoms with Crippen LogP contribution >= 0.6 is 0 Å². The van der Waals surface area contributed by atoms with Gasteiger partial charge in [-0.15, -0.1) is 0 Å². The minimum Gasteiger partial charge on any atom is -0.449 e. The quantitative estimate of drug-likeness (QED) is 0.376. The van der Waals surface area contributed by atoms with Crippen LogP contribution < -0.4 is 10.6 Å². The Labute approximate surface area is 185 Å². The Bertz CT molecular complexity index is 849. The van der Waals surface area contributed by atoms with Crippen molar-refractivity contribution in [3.05, 3.63) is 65.7 Å². The molecule has 176 valence electrons. The molecule has 0 aromatic heterocycles. The van der Waals surface area contributed by atoms with Crippen molar-refractivity contribution in [3.8, 4) is 0 Å². The molecule has 2 aromatic carbocycles. The van der Waals surface area contributed by atoms with Crippen molar-refractivity contribution in [3.63, 3.8) is 0 Å². The molecular formula is C23H29F3N2O4. The number of halogens is 3. The third kappa shape index (κ3) is 6.44. The molecule has 2 unspecified atom stereocenters. The maximum atomic E-state index is 14.5. The average Bonchev–Trinajstić information content (AvgIpc) is 2.77. The Morgan fingerprint density at radius 2 is 1.81 bits per heavy atom. The van der Waals surface area contributed by atoms with Crippen LogP contribution in [0.2, 0.25) is 0 Å². The van der Waals surface area contributed by atoms with Gasteiger partial charge in [0.2, 0.25) is 0 Å². The van der Waals surface area contributed by atoms with Gasteiger partial charge in [0.25, 0.3) is 0 Å². The Balaban J connectivity index is 2.41. The summed E-state index contributed by atoms with van der Waals surface area (Å²) in [6.45, 7) is 0.797. The van der Waals surface area contributed by atoms with Gasteiger partial charge in [0.15, 0.2) is 0 Å². The van der Waals surface area contributed by atoms with Crippen LogP contribution in [0.3, 0.4) is 0 Å². The molecular weight excluding hydrogens is 425 g/mol. The third-order valence-electron chi connectivity index (χ3n) is 5.11. The minimum atomic E-state index is -4.82. The fourth-order valence-corrected chi connectivity index (χ4v) is 3.40. The summed E-state index contributed by atoms with van der Waals surface area (Å²) in [5.74, 6) is 0. The van der Waals surface area contributed by atoms with Crippen molar-refractivity contribution >= 4 is 11.8 Å².